The Hall–Kier alpha value is -3.16. The van der Waals surface area contributed by atoms with Crippen LogP contribution in [0.2, 0.25) is 0 Å². The van der Waals surface area contributed by atoms with E-state index in [1.165, 1.54) is 11.3 Å². The fourth-order valence-corrected chi connectivity index (χ4v) is 5.30. The Balaban J connectivity index is 1.64. The topological polar surface area (TPSA) is 52.6 Å². The molecule has 1 atom stereocenters. The minimum atomic E-state index is -0.0116. The van der Waals surface area contributed by atoms with Gasteiger partial charge in [0.05, 0.1) is 33.1 Å². The minimum Gasteiger partial charge on any atom is -0.493 e. The maximum atomic E-state index is 5.92. The molecule has 1 unspecified atom stereocenters. The number of hydrogen-bond donors (Lipinski definition) is 0. The van der Waals surface area contributed by atoms with E-state index in [1.54, 1.807) is 14.2 Å². The van der Waals surface area contributed by atoms with E-state index in [2.05, 4.69) is 47.2 Å². The van der Waals surface area contributed by atoms with Gasteiger partial charge in [-0.25, -0.2) is 0 Å². The Morgan fingerprint density at radius 1 is 0.906 bits per heavy atom. The highest BCUT2D eigenvalue weighted by atomic mass is 16.7. The molecule has 166 valence electrons. The van der Waals surface area contributed by atoms with Gasteiger partial charge in [-0.3, -0.25) is 4.90 Å². The molecule has 0 bridgehead atoms. The first kappa shape index (κ1) is 19.5. The molecule has 0 N–H and O–H groups in total. The van der Waals surface area contributed by atoms with Crippen molar-refractivity contribution in [1.82, 2.24) is 4.90 Å². The number of benzene rings is 3. The number of anilines is 1. The van der Waals surface area contributed by atoms with E-state index >= 15 is 0 Å². The van der Waals surface area contributed by atoms with E-state index < -0.39 is 0 Å². The van der Waals surface area contributed by atoms with Crippen molar-refractivity contribution in [3.8, 4) is 34.1 Å². The van der Waals surface area contributed by atoms with Crippen LogP contribution in [-0.2, 0) is 4.74 Å². The van der Waals surface area contributed by atoms with E-state index in [1.807, 2.05) is 6.07 Å². The highest BCUT2D eigenvalue weighted by Gasteiger charge is 2.38. The Labute approximate surface area is 187 Å². The Bertz CT molecular complexity index is 1200. The average molecular weight is 434 g/mol. The number of ether oxygens (including phenoxy) is 5. The molecule has 0 aromatic heterocycles. The van der Waals surface area contributed by atoms with Crippen molar-refractivity contribution in [2.45, 2.75) is 6.17 Å². The number of morpholine rings is 1. The molecule has 0 radical (unpaired) electrons. The normalized spacial score (nSPS) is 19.6. The van der Waals surface area contributed by atoms with Gasteiger partial charge in [-0.1, -0.05) is 12.1 Å². The van der Waals surface area contributed by atoms with E-state index in [0.717, 1.165) is 58.0 Å². The molecular formula is C25H26N2O5. The lowest BCUT2D eigenvalue weighted by molar-refractivity contribution is 0.0157. The van der Waals surface area contributed by atoms with Crippen molar-refractivity contribution in [3.05, 3.63) is 42.0 Å². The van der Waals surface area contributed by atoms with Gasteiger partial charge in [-0.2, -0.15) is 0 Å². The third-order valence-corrected chi connectivity index (χ3v) is 6.73. The first-order valence-electron chi connectivity index (χ1n) is 10.9. The maximum Gasteiger partial charge on any atom is 0.231 e. The molecule has 1 saturated heterocycles. The van der Waals surface area contributed by atoms with Crippen LogP contribution in [0.5, 0.6) is 23.0 Å². The van der Waals surface area contributed by atoms with Crippen LogP contribution in [0.4, 0.5) is 5.69 Å². The van der Waals surface area contributed by atoms with Crippen LogP contribution >= 0.6 is 0 Å². The van der Waals surface area contributed by atoms with Gasteiger partial charge in [0.15, 0.2) is 23.0 Å². The lowest BCUT2D eigenvalue weighted by Gasteiger charge is -2.45. The number of hydrogen-bond acceptors (Lipinski definition) is 7. The summed E-state index contributed by atoms with van der Waals surface area (Å²) in [6.45, 7) is 3.39. The SMILES string of the molecule is COc1ccc2c(c1OC)C(N1CCOCC1)N(C)c1c-2ccc2cc3c(cc12)OCO3. The van der Waals surface area contributed by atoms with E-state index in [-0.39, 0.29) is 13.0 Å². The molecule has 3 heterocycles. The van der Waals surface area contributed by atoms with Gasteiger partial charge in [0.2, 0.25) is 6.79 Å². The lowest BCUT2D eigenvalue weighted by atomic mass is 9.87. The summed E-state index contributed by atoms with van der Waals surface area (Å²) in [5.74, 6) is 3.11. The number of rotatable bonds is 3. The lowest BCUT2D eigenvalue weighted by Crippen LogP contribution is -2.47. The highest BCUT2D eigenvalue weighted by Crippen LogP contribution is 2.54. The minimum absolute atomic E-state index is 0.0116. The summed E-state index contributed by atoms with van der Waals surface area (Å²) in [5, 5.41) is 2.28. The summed E-state index contributed by atoms with van der Waals surface area (Å²) in [5.41, 5.74) is 4.63. The van der Waals surface area contributed by atoms with Crippen LogP contribution < -0.4 is 23.8 Å². The van der Waals surface area contributed by atoms with Crippen LogP contribution in [0.15, 0.2) is 36.4 Å². The molecule has 7 nitrogen and oxygen atoms in total. The van der Waals surface area contributed by atoms with Gasteiger partial charge < -0.3 is 28.6 Å². The van der Waals surface area contributed by atoms with Gasteiger partial charge in [-0.15, -0.1) is 0 Å². The predicted molar refractivity (Wildman–Crippen MR) is 122 cm³/mol. The Morgan fingerprint density at radius 2 is 1.66 bits per heavy atom. The summed E-state index contributed by atoms with van der Waals surface area (Å²) >= 11 is 0. The molecular weight excluding hydrogens is 408 g/mol. The summed E-state index contributed by atoms with van der Waals surface area (Å²) in [6, 6.07) is 12.7. The predicted octanol–water partition coefficient (Wildman–Crippen LogP) is 4.03. The number of methoxy groups -OCH3 is 2. The third-order valence-electron chi connectivity index (χ3n) is 6.73. The van der Waals surface area contributed by atoms with Crippen molar-refractivity contribution < 1.29 is 23.7 Å². The van der Waals surface area contributed by atoms with Gasteiger partial charge in [0, 0.05) is 36.7 Å². The van der Waals surface area contributed by atoms with Crippen LogP contribution in [0.1, 0.15) is 11.7 Å². The van der Waals surface area contributed by atoms with Crippen molar-refractivity contribution in [2.24, 2.45) is 0 Å². The van der Waals surface area contributed by atoms with Crippen molar-refractivity contribution in [1.29, 1.82) is 0 Å². The third kappa shape index (κ3) is 2.74. The van der Waals surface area contributed by atoms with Crippen LogP contribution in [0.25, 0.3) is 21.9 Å². The van der Waals surface area contributed by atoms with E-state index in [9.17, 15) is 0 Å². The standard InChI is InChI=1S/C25H26N2O5/c1-26-23-17(5-4-15-12-20-21(13-18(15)23)32-14-31-20)16-6-7-19(28-2)24(29-3)22(16)25(26)27-8-10-30-11-9-27/h4-7,12-13,25H,8-11,14H2,1-3H3. The molecule has 1 fully saturated rings. The van der Waals surface area contributed by atoms with Crippen molar-refractivity contribution >= 4 is 16.5 Å². The zero-order valence-electron chi connectivity index (χ0n) is 18.5. The molecule has 7 heteroatoms. The molecule has 3 aromatic carbocycles. The molecule has 3 aromatic rings. The quantitative estimate of drug-likeness (QED) is 0.617. The highest BCUT2D eigenvalue weighted by molar-refractivity contribution is 6.05. The summed E-state index contributed by atoms with van der Waals surface area (Å²) < 4.78 is 28.6. The smallest absolute Gasteiger partial charge is 0.231 e. The Morgan fingerprint density at radius 3 is 2.41 bits per heavy atom. The molecule has 0 aliphatic carbocycles. The van der Waals surface area contributed by atoms with Gasteiger partial charge >= 0.3 is 0 Å². The molecule has 32 heavy (non-hydrogen) atoms. The van der Waals surface area contributed by atoms with Gasteiger partial charge in [-0.05, 0) is 35.2 Å². The Kier molecular flexibility index (Phi) is 4.55. The van der Waals surface area contributed by atoms with Crippen molar-refractivity contribution in [2.75, 3.05) is 59.3 Å². The summed E-state index contributed by atoms with van der Waals surface area (Å²) in [6.07, 6.45) is -0.0116. The van der Waals surface area contributed by atoms with Gasteiger partial charge in [0.25, 0.3) is 0 Å². The van der Waals surface area contributed by atoms with Crippen LogP contribution in [-0.4, -0.2) is 59.3 Å². The largest absolute Gasteiger partial charge is 0.493 e. The molecule has 0 spiro atoms. The second-order valence-electron chi connectivity index (χ2n) is 8.28. The zero-order valence-corrected chi connectivity index (χ0v) is 18.5. The van der Waals surface area contributed by atoms with Crippen LogP contribution in [0, 0.1) is 0 Å². The first-order chi connectivity index (χ1) is 15.7. The molecule has 0 saturated carbocycles. The molecule has 6 rings (SSSR count). The number of fused-ring (bicyclic) bond motifs is 6. The van der Waals surface area contributed by atoms with Crippen molar-refractivity contribution in [3.63, 3.8) is 0 Å². The molecule has 3 aliphatic rings. The maximum absolute atomic E-state index is 5.92. The monoisotopic (exact) mass is 434 g/mol. The van der Waals surface area contributed by atoms with E-state index in [4.69, 9.17) is 23.7 Å². The zero-order chi connectivity index (χ0) is 21.8. The first-order valence-corrected chi connectivity index (χ1v) is 10.9. The fraction of sp³-hybridized carbons (Fsp3) is 0.360. The van der Waals surface area contributed by atoms with Crippen LogP contribution in [0.3, 0.4) is 0 Å². The molecule has 3 aliphatic heterocycles. The number of nitrogens with zero attached hydrogens (tertiary/aromatic N) is 2. The van der Waals surface area contributed by atoms with Gasteiger partial charge in [0.1, 0.15) is 6.17 Å². The van der Waals surface area contributed by atoms with E-state index in [0.29, 0.717) is 13.2 Å². The molecule has 0 amide bonds. The second kappa shape index (κ2) is 7.46. The fourth-order valence-electron chi connectivity index (χ4n) is 5.30. The summed E-state index contributed by atoms with van der Waals surface area (Å²) in [4.78, 5) is 4.81. The average Bonchev–Trinajstić information content (AvgIpc) is 3.29. The summed E-state index contributed by atoms with van der Waals surface area (Å²) in [7, 11) is 5.56. The second-order valence-corrected chi connectivity index (χ2v) is 8.28.